The molecule has 6 heteroatoms. The largest absolute Gasteiger partial charge is 0.468 e. The van der Waals surface area contributed by atoms with Gasteiger partial charge in [-0.25, -0.2) is 4.39 Å². The standard InChI is InChI=1S/C12H11FO5/c1-17-11(15)9(12(16)18-2)10(14)7-5-3-4-6-8(7)13/h3-6,9H,1-2H3. The van der Waals surface area contributed by atoms with Gasteiger partial charge < -0.3 is 9.47 Å². The Balaban J connectivity index is 3.15. The molecular weight excluding hydrogens is 243 g/mol. The summed E-state index contributed by atoms with van der Waals surface area (Å²) in [5.41, 5.74) is -0.363. The number of hydrogen-bond acceptors (Lipinski definition) is 5. The van der Waals surface area contributed by atoms with E-state index in [2.05, 4.69) is 9.47 Å². The van der Waals surface area contributed by atoms with Crippen molar-refractivity contribution in [2.75, 3.05) is 14.2 Å². The molecule has 0 atom stereocenters. The number of carbonyl (C=O) groups is 3. The van der Waals surface area contributed by atoms with E-state index in [1.807, 2.05) is 0 Å². The molecule has 1 aromatic carbocycles. The third-order valence-electron chi connectivity index (χ3n) is 2.28. The van der Waals surface area contributed by atoms with Crippen LogP contribution >= 0.6 is 0 Å². The summed E-state index contributed by atoms with van der Waals surface area (Å²) in [5.74, 6) is -5.80. The number of ketones is 1. The molecule has 0 aliphatic heterocycles. The summed E-state index contributed by atoms with van der Waals surface area (Å²) in [6, 6.07) is 5.04. The number of hydrogen-bond donors (Lipinski definition) is 0. The molecular formula is C12H11FO5. The third kappa shape index (κ3) is 2.71. The van der Waals surface area contributed by atoms with Gasteiger partial charge in [-0.2, -0.15) is 0 Å². The summed E-state index contributed by atoms with van der Waals surface area (Å²) >= 11 is 0. The summed E-state index contributed by atoms with van der Waals surface area (Å²) in [4.78, 5) is 34.7. The summed E-state index contributed by atoms with van der Waals surface area (Å²) in [6.07, 6.45) is 0. The number of methoxy groups -OCH3 is 2. The number of esters is 2. The maximum absolute atomic E-state index is 13.4. The van der Waals surface area contributed by atoms with E-state index in [1.54, 1.807) is 0 Å². The van der Waals surface area contributed by atoms with Crippen LogP contribution in [0.3, 0.4) is 0 Å². The molecule has 0 saturated carbocycles. The van der Waals surface area contributed by atoms with Crippen molar-refractivity contribution >= 4 is 17.7 Å². The SMILES string of the molecule is COC(=O)C(C(=O)OC)C(=O)c1ccccc1F. The highest BCUT2D eigenvalue weighted by Gasteiger charge is 2.37. The Hall–Kier alpha value is -2.24. The molecule has 0 saturated heterocycles. The first kappa shape index (κ1) is 13.8. The summed E-state index contributed by atoms with van der Waals surface area (Å²) in [5, 5.41) is 0. The van der Waals surface area contributed by atoms with Gasteiger partial charge in [-0.3, -0.25) is 14.4 Å². The van der Waals surface area contributed by atoms with Crippen LogP contribution in [-0.2, 0) is 19.1 Å². The minimum absolute atomic E-state index is 0.363. The minimum atomic E-state index is -1.81. The lowest BCUT2D eigenvalue weighted by Crippen LogP contribution is -2.34. The molecule has 0 fully saturated rings. The van der Waals surface area contributed by atoms with Crippen molar-refractivity contribution in [3.63, 3.8) is 0 Å². The number of rotatable bonds is 4. The summed E-state index contributed by atoms with van der Waals surface area (Å²) in [6.45, 7) is 0. The predicted octanol–water partition coefficient (Wildman–Crippen LogP) is 0.971. The molecule has 0 N–H and O–H groups in total. The Kier molecular flexibility index (Phi) is 4.53. The molecule has 1 aromatic rings. The van der Waals surface area contributed by atoms with Gasteiger partial charge in [-0.1, -0.05) is 12.1 Å². The lowest BCUT2D eigenvalue weighted by atomic mass is 9.97. The number of carbonyl (C=O) groups excluding carboxylic acids is 3. The van der Waals surface area contributed by atoms with Crippen molar-refractivity contribution in [1.29, 1.82) is 0 Å². The molecule has 0 bridgehead atoms. The Bertz CT molecular complexity index is 467. The van der Waals surface area contributed by atoms with Gasteiger partial charge in [0.05, 0.1) is 19.8 Å². The van der Waals surface area contributed by atoms with Crippen LogP contribution in [0.15, 0.2) is 24.3 Å². The van der Waals surface area contributed by atoms with E-state index in [0.717, 1.165) is 20.3 Å². The highest BCUT2D eigenvalue weighted by molar-refractivity contribution is 6.20. The van der Waals surface area contributed by atoms with Gasteiger partial charge in [0.25, 0.3) is 0 Å². The van der Waals surface area contributed by atoms with E-state index >= 15 is 0 Å². The zero-order valence-electron chi connectivity index (χ0n) is 9.81. The molecule has 0 aliphatic carbocycles. The second-order valence-electron chi connectivity index (χ2n) is 3.32. The number of Topliss-reactive ketones (excluding diaryl/α,β-unsaturated/α-hetero) is 1. The van der Waals surface area contributed by atoms with Crippen LogP contribution in [0.2, 0.25) is 0 Å². The lowest BCUT2D eigenvalue weighted by molar-refractivity contribution is -0.155. The second kappa shape index (κ2) is 5.90. The zero-order chi connectivity index (χ0) is 13.7. The fourth-order valence-electron chi connectivity index (χ4n) is 1.36. The molecule has 0 radical (unpaired) electrons. The van der Waals surface area contributed by atoms with Crippen LogP contribution < -0.4 is 0 Å². The predicted molar refractivity (Wildman–Crippen MR) is 58.3 cm³/mol. The Morgan fingerprint density at radius 1 is 1.06 bits per heavy atom. The maximum atomic E-state index is 13.4. The number of benzene rings is 1. The van der Waals surface area contributed by atoms with Gasteiger partial charge in [0, 0.05) is 0 Å². The van der Waals surface area contributed by atoms with Crippen LogP contribution in [-0.4, -0.2) is 31.9 Å². The van der Waals surface area contributed by atoms with Gasteiger partial charge in [0.15, 0.2) is 5.78 Å². The summed E-state index contributed by atoms with van der Waals surface area (Å²) in [7, 11) is 2.04. The monoisotopic (exact) mass is 254 g/mol. The molecule has 0 aliphatic rings. The molecule has 1 rings (SSSR count). The highest BCUT2D eigenvalue weighted by Crippen LogP contribution is 2.15. The van der Waals surface area contributed by atoms with Crippen LogP contribution in [0.25, 0.3) is 0 Å². The van der Waals surface area contributed by atoms with Crippen LogP contribution in [0.4, 0.5) is 4.39 Å². The van der Waals surface area contributed by atoms with E-state index < -0.39 is 29.5 Å². The maximum Gasteiger partial charge on any atom is 0.328 e. The zero-order valence-corrected chi connectivity index (χ0v) is 9.81. The van der Waals surface area contributed by atoms with Crippen molar-refractivity contribution < 1.29 is 28.2 Å². The second-order valence-corrected chi connectivity index (χ2v) is 3.32. The van der Waals surface area contributed by atoms with E-state index in [4.69, 9.17) is 0 Å². The number of ether oxygens (including phenoxy) is 2. The Labute approximate surface area is 102 Å². The van der Waals surface area contributed by atoms with Gasteiger partial charge in [0.2, 0.25) is 5.92 Å². The van der Waals surface area contributed by atoms with Gasteiger partial charge in [-0.05, 0) is 12.1 Å². The van der Waals surface area contributed by atoms with E-state index in [9.17, 15) is 18.8 Å². The quantitative estimate of drug-likeness (QED) is 0.455. The van der Waals surface area contributed by atoms with Crippen molar-refractivity contribution in [3.05, 3.63) is 35.6 Å². The van der Waals surface area contributed by atoms with Crippen molar-refractivity contribution in [2.24, 2.45) is 5.92 Å². The highest BCUT2D eigenvalue weighted by atomic mass is 19.1. The fourth-order valence-corrected chi connectivity index (χ4v) is 1.36. The first-order valence-corrected chi connectivity index (χ1v) is 4.97. The van der Waals surface area contributed by atoms with E-state index in [-0.39, 0.29) is 5.56 Å². The van der Waals surface area contributed by atoms with Crippen molar-refractivity contribution in [1.82, 2.24) is 0 Å². The van der Waals surface area contributed by atoms with Gasteiger partial charge in [-0.15, -0.1) is 0 Å². The smallest absolute Gasteiger partial charge is 0.328 e. The normalized spacial score (nSPS) is 10.0. The van der Waals surface area contributed by atoms with Gasteiger partial charge in [0.1, 0.15) is 5.82 Å². The first-order chi connectivity index (χ1) is 8.52. The average Bonchev–Trinajstić information content (AvgIpc) is 2.38. The third-order valence-corrected chi connectivity index (χ3v) is 2.28. The molecule has 0 aromatic heterocycles. The average molecular weight is 254 g/mol. The topological polar surface area (TPSA) is 69.7 Å². The van der Waals surface area contributed by atoms with Crippen molar-refractivity contribution in [3.8, 4) is 0 Å². The molecule has 0 amide bonds. The Morgan fingerprint density at radius 3 is 2.00 bits per heavy atom. The van der Waals surface area contributed by atoms with Crippen LogP contribution in [0.1, 0.15) is 10.4 Å². The molecule has 0 spiro atoms. The lowest BCUT2D eigenvalue weighted by Gasteiger charge is -2.11. The minimum Gasteiger partial charge on any atom is -0.468 e. The van der Waals surface area contributed by atoms with Crippen LogP contribution in [0, 0.1) is 11.7 Å². The summed E-state index contributed by atoms with van der Waals surface area (Å²) < 4.78 is 22.1. The van der Waals surface area contributed by atoms with E-state index in [1.165, 1.54) is 18.2 Å². The molecule has 18 heavy (non-hydrogen) atoms. The number of halogens is 1. The molecule has 5 nitrogen and oxygen atoms in total. The fraction of sp³-hybridized carbons (Fsp3) is 0.250. The molecule has 0 heterocycles. The van der Waals surface area contributed by atoms with Crippen LogP contribution in [0.5, 0.6) is 0 Å². The van der Waals surface area contributed by atoms with E-state index in [0.29, 0.717) is 0 Å². The first-order valence-electron chi connectivity index (χ1n) is 4.97. The molecule has 96 valence electrons. The Morgan fingerprint density at radius 2 is 1.56 bits per heavy atom. The van der Waals surface area contributed by atoms with Crippen molar-refractivity contribution in [2.45, 2.75) is 0 Å². The van der Waals surface area contributed by atoms with Gasteiger partial charge >= 0.3 is 11.9 Å². The molecule has 0 unspecified atom stereocenters.